The Balaban J connectivity index is 1.64. The fraction of sp³-hybridized carbons (Fsp3) is 0.529. The van der Waals surface area contributed by atoms with Crippen molar-refractivity contribution in [3.8, 4) is 17.6 Å². The van der Waals surface area contributed by atoms with Crippen molar-refractivity contribution in [1.29, 1.82) is 5.26 Å². The number of nitriles is 1. The van der Waals surface area contributed by atoms with Crippen LogP contribution in [0.1, 0.15) is 37.8 Å². The summed E-state index contributed by atoms with van der Waals surface area (Å²) >= 11 is 4.61. The van der Waals surface area contributed by atoms with Crippen LogP contribution in [0, 0.1) is 16.7 Å². The minimum Gasteiger partial charge on any atom is -0.454 e. The molecule has 0 bridgehead atoms. The lowest BCUT2D eigenvalue weighted by Crippen LogP contribution is -2.50. The molecule has 2 N–H and O–H groups in total. The second-order valence-electron chi connectivity index (χ2n) is 7.00. The van der Waals surface area contributed by atoms with Crippen molar-refractivity contribution >= 4 is 18.5 Å². The number of benzene rings is 1. The lowest BCUT2D eigenvalue weighted by molar-refractivity contribution is -0.124. The average molecular weight is 345 g/mol. The number of nitrogens with zero attached hydrogens (tertiary/aromatic N) is 1. The van der Waals surface area contributed by atoms with E-state index in [1.54, 1.807) is 0 Å². The van der Waals surface area contributed by atoms with Gasteiger partial charge in [0, 0.05) is 12.5 Å². The molecule has 0 spiro atoms. The Morgan fingerprint density at radius 3 is 2.88 bits per heavy atom. The second-order valence-corrected chi connectivity index (χ2v) is 7.77. The number of fused-ring (bicyclic) bond motifs is 1. The normalized spacial score (nSPS) is 34.0. The Bertz CT molecular complexity index is 745. The van der Waals surface area contributed by atoms with Gasteiger partial charge in [0.25, 0.3) is 5.91 Å². The highest BCUT2D eigenvalue weighted by Crippen LogP contribution is 2.50. The molecular weight excluding hydrogens is 326 g/mol. The predicted molar refractivity (Wildman–Crippen MR) is 89.7 cm³/mol. The van der Waals surface area contributed by atoms with Crippen LogP contribution in [-0.2, 0) is 4.79 Å². The summed E-state index contributed by atoms with van der Waals surface area (Å²) < 4.78 is 10.8. The van der Waals surface area contributed by atoms with E-state index in [-0.39, 0.29) is 24.8 Å². The van der Waals surface area contributed by atoms with Crippen LogP contribution in [0.2, 0.25) is 0 Å². The maximum Gasteiger partial charge on any atom is 0.250 e. The fourth-order valence-electron chi connectivity index (χ4n) is 3.41. The smallest absolute Gasteiger partial charge is 0.250 e. The van der Waals surface area contributed by atoms with Gasteiger partial charge in [-0.05, 0) is 37.5 Å². The zero-order valence-electron chi connectivity index (χ0n) is 13.3. The molecule has 2 aliphatic heterocycles. The van der Waals surface area contributed by atoms with E-state index < -0.39 is 10.3 Å². The summed E-state index contributed by atoms with van der Waals surface area (Å²) in [6.45, 7) is 2.06. The summed E-state index contributed by atoms with van der Waals surface area (Å²) in [5.41, 5.74) is 0.134. The van der Waals surface area contributed by atoms with E-state index in [1.165, 1.54) is 0 Å². The van der Waals surface area contributed by atoms with E-state index in [0.717, 1.165) is 18.4 Å². The number of hydrogen-bond donors (Lipinski definition) is 3. The summed E-state index contributed by atoms with van der Waals surface area (Å²) in [6, 6.07) is 7.91. The number of thiol groups is 1. The van der Waals surface area contributed by atoms with E-state index in [4.69, 9.17) is 9.47 Å². The maximum absolute atomic E-state index is 12.6. The van der Waals surface area contributed by atoms with Gasteiger partial charge in [-0.2, -0.15) is 5.26 Å². The Morgan fingerprint density at radius 1 is 1.42 bits per heavy atom. The average Bonchev–Trinajstić information content (AvgIpc) is 3.16. The molecule has 1 saturated heterocycles. The van der Waals surface area contributed by atoms with Gasteiger partial charge in [-0.1, -0.05) is 6.07 Å². The van der Waals surface area contributed by atoms with Gasteiger partial charge in [-0.3, -0.25) is 10.1 Å². The van der Waals surface area contributed by atoms with Gasteiger partial charge in [0.1, 0.15) is 4.87 Å². The summed E-state index contributed by atoms with van der Waals surface area (Å²) in [7, 11) is 0. The van der Waals surface area contributed by atoms with Gasteiger partial charge >= 0.3 is 0 Å². The Labute approximate surface area is 145 Å². The first-order valence-electron chi connectivity index (χ1n) is 8.05. The van der Waals surface area contributed by atoms with Gasteiger partial charge < -0.3 is 14.8 Å². The van der Waals surface area contributed by atoms with Gasteiger partial charge in [-0.15, -0.1) is 12.6 Å². The monoisotopic (exact) mass is 345 g/mol. The Kier molecular flexibility index (Phi) is 3.44. The van der Waals surface area contributed by atoms with E-state index in [1.807, 2.05) is 25.1 Å². The zero-order valence-corrected chi connectivity index (χ0v) is 14.2. The molecule has 1 aromatic rings. The molecule has 7 heteroatoms. The van der Waals surface area contributed by atoms with Crippen LogP contribution >= 0.6 is 12.6 Å². The SMILES string of the molecule is CC1(C#N)CC(S)(C(=O)NC2CC2)NC1c1ccc2c(c1)OCO2. The highest BCUT2D eigenvalue weighted by Gasteiger charge is 2.55. The molecule has 4 rings (SSSR count). The van der Waals surface area contributed by atoms with E-state index >= 15 is 0 Å². The van der Waals surface area contributed by atoms with Crippen molar-refractivity contribution in [2.24, 2.45) is 5.41 Å². The molecule has 1 aliphatic carbocycles. The van der Waals surface area contributed by atoms with Crippen molar-refractivity contribution in [3.63, 3.8) is 0 Å². The number of carbonyl (C=O) groups excluding carboxylic acids is 1. The molecule has 24 heavy (non-hydrogen) atoms. The zero-order chi connectivity index (χ0) is 16.9. The molecule has 2 heterocycles. The number of amides is 1. The van der Waals surface area contributed by atoms with Crippen molar-refractivity contribution in [2.45, 2.75) is 43.1 Å². The van der Waals surface area contributed by atoms with Gasteiger partial charge in [0.15, 0.2) is 11.5 Å². The first-order valence-corrected chi connectivity index (χ1v) is 8.50. The highest BCUT2D eigenvalue weighted by atomic mass is 32.1. The molecule has 1 saturated carbocycles. The molecular formula is C17H19N3O3S. The molecule has 1 aromatic carbocycles. The molecule has 3 unspecified atom stereocenters. The van der Waals surface area contributed by atoms with E-state index in [2.05, 4.69) is 29.3 Å². The van der Waals surface area contributed by atoms with E-state index in [9.17, 15) is 10.1 Å². The summed E-state index contributed by atoms with van der Waals surface area (Å²) in [5, 5.41) is 16.0. The number of ether oxygens (including phenoxy) is 2. The minimum atomic E-state index is -1.06. The van der Waals surface area contributed by atoms with Gasteiger partial charge in [-0.25, -0.2) is 0 Å². The van der Waals surface area contributed by atoms with Crippen molar-refractivity contribution in [1.82, 2.24) is 10.6 Å². The van der Waals surface area contributed by atoms with Crippen LogP contribution in [0.15, 0.2) is 18.2 Å². The van der Waals surface area contributed by atoms with Crippen LogP contribution in [0.25, 0.3) is 0 Å². The fourth-order valence-corrected chi connectivity index (χ4v) is 3.93. The van der Waals surface area contributed by atoms with Gasteiger partial charge in [0.05, 0.1) is 17.5 Å². The third-order valence-electron chi connectivity index (χ3n) is 4.92. The predicted octanol–water partition coefficient (Wildman–Crippen LogP) is 1.88. The van der Waals surface area contributed by atoms with Crippen molar-refractivity contribution < 1.29 is 14.3 Å². The Morgan fingerprint density at radius 2 is 2.17 bits per heavy atom. The van der Waals surface area contributed by atoms with Crippen LogP contribution < -0.4 is 20.1 Å². The number of rotatable bonds is 3. The number of nitrogens with one attached hydrogen (secondary N) is 2. The van der Waals surface area contributed by atoms with Crippen LogP contribution in [0.4, 0.5) is 0 Å². The summed E-state index contributed by atoms with van der Waals surface area (Å²) in [4.78, 5) is 11.5. The lowest BCUT2D eigenvalue weighted by atomic mass is 9.79. The molecule has 3 atom stereocenters. The van der Waals surface area contributed by atoms with Crippen LogP contribution in [-0.4, -0.2) is 23.6 Å². The molecule has 0 radical (unpaired) electrons. The third kappa shape index (κ3) is 2.50. The summed E-state index contributed by atoms with van der Waals surface area (Å²) in [5.74, 6) is 1.20. The summed E-state index contributed by atoms with van der Waals surface area (Å²) in [6.07, 6.45) is 2.35. The highest BCUT2D eigenvalue weighted by molar-refractivity contribution is 7.82. The quantitative estimate of drug-likeness (QED) is 0.729. The standard InChI is InChI=1S/C17H19N3O3S/c1-16(8-18)7-17(24,15(21)19-11-3-4-11)20-14(16)10-2-5-12-13(6-10)23-9-22-12/h2,5-6,11,14,20,24H,3-4,7,9H2,1H3,(H,19,21). The Hall–Kier alpha value is -1.91. The molecule has 3 aliphatic rings. The number of carbonyl (C=O) groups is 1. The third-order valence-corrected chi connectivity index (χ3v) is 5.41. The van der Waals surface area contributed by atoms with Gasteiger partial charge in [0.2, 0.25) is 6.79 Å². The van der Waals surface area contributed by atoms with Crippen molar-refractivity contribution in [2.75, 3.05) is 6.79 Å². The molecule has 126 valence electrons. The van der Waals surface area contributed by atoms with Crippen LogP contribution in [0.5, 0.6) is 11.5 Å². The first kappa shape index (κ1) is 15.6. The lowest BCUT2D eigenvalue weighted by Gasteiger charge is -2.24. The molecule has 2 fully saturated rings. The van der Waals surface area contributed by atoms with Crippen molar-refractivity contribution in [3.05, 3.63) is 23.8 Å². The maximum atomic E-state index is 12.6. The largest absolute Gasteiger partial charge is 0.454 e. The second kappa shape index (κ2) is 5.30. The van der Waals surface area contributed by atoms with E-state index in [0.29, 0.717) is 17.9 Å². The molecule has 1 amide bonds. The minimum absolute atomic E-state index is 0.155. The topological polar surface area (TPSA) is 83.4 Å². The van der Waals surface area contributed by atoms with Crippen LogP contribution in [0.3, 0.4) is 0 Å². The molecule has 0 aromatic heterocycles. The first-order chi connectivity index (χ1) is 11.4. The number of hydrogen-bond acceptors (Lipinski definition) is 6. The molecule has 6 nitrogen and oxygen atoms in total.